The smallest absolute Gasteiger partial charge is 0.254 e. The molecule has 32 heavy (non-hydrogen) atoms. The molecule has 0 aliphatic carbocycles. The molecule has 0 atom stereocenters. The van der Waals surface area contributed by atoms with E-state index >= 15 is 0 Å². The summed E-state index contributed by atoms with van der Waals surface area (Å²) in [6, 6.07) is 12.7. The molecule has 0 saturated heterocycles. The quantitative estimate of drug-likeness (QED) is 0.360. The van der Waals surface area contributed by atoms with Crippen molar-refractivity contribution >= 4 is 29.3 Å². The number of carbonyl (C=O) groups excluding carboxylic acids is 2. The first-order valence-electron chi connectivity index (χ1n) is 9.64. The molecule has 0 radical (unpaired) electrons. The van der Waals surface area contributed by atoms with Gasteiger partial charge >= 0.3 is 0 Å². The molecule has 0 aliphatic rings. The molecular weight excluding hydrogens is 433 g/mol. The number of methoxy groups -OCH3 is 1. The van der Waals surface area contributed by atoms with Crippen LogP contribution in [0, 0.1) is 5.82 Å². The van der Waals surface area contributed by atoms with E-state index in [1.165, 1.54) is 30.0 Å². The SMILES string of the molecule is C=CCn1c(CNC(=O)c2ccccc2F)nnc1SCC(=O)Nc1ccc(OC)cc1. The summed E-state index contributed by atoms with van der Waals surface area (Å²) in [5.41, 5.74) is 0.604. The number of anilines is 1. The van der Waals surface area contributed by atoms with Gasteiger partial charge in [0.2, 0.25) is 5.91 Å². The van der Waals surface area contributed by atoms with Crippen LogP contribution in [0.3, 0.4) is 0 Å². The van der Waals surface area contributed by atoms with Crippen molar-refractivity contribution in [2.24, 2.45) is 0 Å². The lowest BCUT2D eigenvalue weighted by molar-refractivity contribution is -0.113. The van der Waals surface area contributed by atoms with Gasteiger partial charge < -0.3 is 19.9 Å². The number of rotatable bonds is 10. The van der Waals surface area contributed by atoms with Crippen LogP contribution in [-0.4, -0.2) is 39.4 Å². The van der Waals surface area contributed by atoms with E-state index in [9.17, 15) is 14.0 Å². The van der Waals surface area contributed by atoms with Gasteiger partial charge in [-0.15, -0.1) is 16.8 Å². The van der Waals surface area contributed by atoms with E-state index in [2.05, 4.69) is 27.4 Å². The molecule has 0 aliphatic heterocycles. The third-order valence-corrected chi connectivity index (χ3v) is 5.30. The summed E-state index contributed by atoms with van der Waals surface area (Å²) in [4.78, 5) is 24.5. The maximum absolute atomic E-state index is 13.8. The lowest BCUT2D eigenvalue weighted by Gasteiger charge is -2.09. The fourth-order valence-corrected chi connectivity index (χ4v) is 3.54. The first-order valence-corrected chi connectivity index (χ1v) is 10.6. The Bertz CT molecular complexity index is 1100. The van der Waals surface area contributed by atoms with Crippen molar-refractivity contribution in [3.8, 4) is 5.75 Å². The standard InChI is InChI=1S/C22H22FN5O3S/c1-3-12-28-19(13-24-21(30)17-6-4-5-7-18(17)23)26-27-22(28)32-14-20(29)25-15-8-10-16(31-2)11-9-15/h3-11H,1,12-14H2,2H3,(H,24,30)(H,25,29). The predicted octanol–water partition coefficient (Wildman–Crippen LogP) is 3.27. The van der Waals surface area contributed by atoms with E-state index < -0.39 is 11.7 Å². The molecule has 0 spiro atoms. The normalized spacial score (nSPS) is 10.4. The van der Waals surface area contributed by atoms with E-state index in [4.69, 9.17) is 4.74 Å². The second-order valence-corrected chi connectivity index (χ2v) is 7.47. The Morgan fingerprint density at radius 1 is 1.19 bits per heavy atom. The lowest BCUT2D eigenvalue weighted by Crippen LogP contribution is -2.25. The third-order valence-electron chi connectivity index (χ3n) is 4.34. The lowest BCUT2D eigenvalue weighted by atomic mass is 10.2. The highest BCUT2D eigenvalue weighted by Crippen LogP contribution is 2.19. The molecule has 3 rings (SSSR count). The van der Waals surface area contributed by atoms with Gasteiger partial charge in [0.1, 0.15) is 11.6 Å². The predicted molar refractivity (Wildman–Crippen MR) is 120 cm³/mol. The molecule has 0 bridgehead atoms. The van der Waals surface area contributed by atoms with Crippen LogP contribution in [0.1, 0.15) is 16.2 Å². The van der Waals surface area contributed by atoms with Gasteiger partial charge in [-0.2, -0.15) is 0 Å². The Labute approximate surface area is 188 Å². The van der Waals surface area contributed by atoms with Gasteiger partial charge in [-0.25, -0.2) is 4.39 Å². The summed E-state index contributed by atoms with van der Waals surface area (Å²) >= 11 is 1.21. The summed E-state index contributed by atoms with van der Waals surface area (Å²) in [6.45, 7) is 4.16. The molecule has 166 valence electrons. The average Bonchev–Trinajstić information content (AvgIpc) is 3.18. The Balaban J connectivity index is 1.59. The zero-order valence-corrected chi connectivity index (χ0v) is 18.2. The second-order valence-electron chi connectivity index (χ2n) is 6.53. The Kier molecular flexibility index (Phi) is 7.98. The molecular formula is C22H22FN5O3S. The van der Waals surface area contributed by atoms with Gasteiger partial charge in [-0.3, -0.25) is 9.59 Å². The second kappa shape index (κ2) is 11.1. The van der Waals surface area contributed by atoms with Gasteiger partial charge in [0, 0.05) is 12.2 Å². The van der Waals surface area contributed by atoms with Crippen LogP contribution in [0.5, 0.6) is 5.75 Å². The zero-order valence-electron chi connectivity index (χ0n) is 17.4. The summed E-state index contributed by atoms with van der Waals surface area (Å²) in [6.07, 6.45) is 1.66. The van der Waals surface area contributed by atoms with E-state index in [0.717, 1.165) is 0 Å². The molecule has 0 saturated carbocycles. The van der Waals surface area contributed by atoms with E-state index in [0.29, 0.717) is 29.0 Å². The number of hydrogen-bond acceptors (Lipinski definition) is 6. The minimum absolute atomic E-state index is 0.0482. The molecule has 2 aromatic carbocycles. The van der Waals surface area contributed by atoms with E-state index in [1.807, 2.05) is 0 Å². The number of amides is 2. The number of allylic oxidation sites excluding steroid dienone is 1. The monoisotopic (exact) mass is 455 g/mol. The Hall–Kier alpha value is -3.66. The molecule has 1 aromatic heterocycles. The number of nitrogens with zero attached hydrogens (tertiary/aromatic N) is 3. The summed E-state index contributed by atoms with van der Waals surface area (Å²) < 4.78 is 20.6. The number of halogens is 1. The number of benzene rings is 2. The molecule has 0 unspecified atom stereocenters. The van der Waals surface area contributed by atoms with Gasteiger partial charge in [0.05, 0.1) is 25.0 Å². The molecule has 8 nitrogen and oxygen atoms in total. The maximum Gasteiger partial charge on any atom is 0.254 e. The molecule has 2 amide bonds. The van der Waals surface area contributed by atoms with Crippen molar-refractivity contribution < 1.29 is 18.7 Å². The summed E-state index contributed by atoms with van der Waals surface area (Å²) in [7, 11) is 1.57. The van der Waals surface area contributed by atoms with Crippen molar-refractivity contribution in [1.29, 1.82) is 0 Å². The number of nitrogens with one attached hydrogen (secondary N) is 2. The number of aromatic nitrogens is 3. The van der Waals surface area contributed by atoms with Crippen LogP contribution in [0.25, 0.3) is 0 Å². The molecule has 1 heterocycles. The van der Waals surface area contributed by atoms with Crippen molar-refractivity contribution in [3.05, 3.63) is 78.4 Å². The van der Waals surface area contributed by atoms with Crippen molar-refractivity contribution in [3.63, 3.8) is 0 Å². The average molecular weight is 456 g/mol. The van der Waals surface area contributed by atoms with Crippen molar-refractivity contribution in [2.45, 2.75) is 18.2 Å². The largest absolute Gasteiger partial charge is 0.497 e. The Morgan fingerprint density at radius 3 is 2.62 bits per heavy atom. The highest BCUT2D eigenvalue weighted by Gasteiger charge is 2.16. The topological polar surface area (TPSA) is 98.1 Å². The number of thioether (sulfide) groups is 1. The minimum atomic E-state index is -0.600. The van der Waals surface area contributed by atoms with Crippen LogP contribution in [0.15, 0.2) is 66.3 Å². The van der Waals surface area contributed by atoms with E-state index in [-0.39, 0.29) is 23.8 Å². The molecule has 3 aromatic rings. The van der Waals surface area contributed by atoms with Crippen molar-refractivity contribution in [2.75, 3.05) is 18.2 Å². The number of carbonyl (C=O) groups is 2. The van der Waals surface area contributed by atoms with Crippen molar-refractivity contribution in [1.82, 2.24) is 20.1 Å². The van der Waals surface area contributed by atoms with Gasteiger partial charge in [-0.05, 0) is 36.4 Å². The third kappa shape index (κ3) is 5.94. The number of ether oxygens (including phenoxy) is 1. The Morgan fingerprint density at radius 2 is 1.94 bits per heavy atom. The summed E-state index contributed by atoms with van der Waals surface area (Å²) in [5.74, 6) is -0.0796. The fourth-order valence-electron chi connectivity index (χ4n) is 2.77. The summed E-state index contributed by atoms with van der Waals surface area (Å²) in [5, 5.41) is 14.1. The van der Waals surface area contributed by atoms with Gasteiger partial charge in [0.25, 0.3) is 5.91 Å². The van der Waals surface area contributed by atoms with Gasteiger partial charge in [0.15, 0.2) is 11.0 Å². The fraction of sp³-hybridized carbons (Fsp3) is 0.182. The van der Waals surface area contributed by atoms with Crippen LogP contribution < -0.4 is 15.4 Å². The van der Waals surface area contributed by atoms with Gasteiger partial charge in [-0.1, -0.05) is 30.0 Å². The van der Waals surface area contributed by atoms with Crippen LogP contribution in [0.4, 0.5) is 10.1 Å². The first kappa shape index (κ1) is 23.0. The highest BCUT2D eigenvalue weighted by molar-refractivity contribution is 7.99. The first-order chi connectivity index (χ1) is 15.5. The highest BCUT2D eigenvalue weighted by atomic mass is 32.2. The molecule has 0 fully saturated rings. The minimum Gasteiger partial charge on any atom is -0.497 e. The molecule has 10 heteroatoms. The van der Waals surface area contributed by atoms with E-state index in [1.54, 1.807) is 48.1 Å². The van der Waals surface area contributed by atoms with Crippen LogP contribution in [-0.2, 0) is 17.9 Å². The maximum atomic E-state index is 13.8. The zero-order chi connectivity index (χ0) is 22.9. The van der Waals surface area contributed by atoms with Crippen LogP contribution >= 0.6 is 11.8 Å². The number of hydrogen-bond donors (Lipinski definition) is 2. The molecule has 2 N–H and O–H groups in total. The van der Waals surface area contributed by atoms with Crippen LogP contribution in [0.2, 0.25) is 0 Å².